The Kier molecular flexibility index (Phi) is 6.60. The summed E-state index contributed by atoms with van der Waals surface area (Å²) >= 11 is 0. The maximum absolute atomic E-state index is 12.7. The first kappa shape index (κ1) is 21.2. The topological polar surface area (TPSA) is 121 Å². The van der Waals surface area contributed by atoms with Gasteiger partial charge >= 0.3 is 0 Å². The van der Waals surface area contributed by atoms with Crippen molar-refractivity contribution in [1.29, 1.82) is 0 Å². The molecule has 156 valence electrons. The minimum atomic E-state index is -4.07. The zero-order valence-corrected chi connectivity index (χ0v) is 16.8. The third-order valence-electron chi connectivity index (χ3n) is 4.14. The first-order valence-corrected chi connectivity index (χ1v) is 10.3. The van der Waals surface area contributed by atoms with E-state index in [1.165, 1.54) is 25.4 Å². The number of nitrogens with one attached hydrogen (secondary N) is 1. The number of methoxy groups -OCH3 is 1. The minimum Gasteiger partial charge on any atom is -0.495 e. The molecule has 0 radical (unpaired) electrons. The van der Waals surface area contributed by atoms with Gasteiger partial charge in [-0.2, -0.15) is 0 Å². The summed E-state index contributed by atoms with van der Waals surface area (Å²) in [7, 11) is -2.77. The lowest BCUT2D eigenvalue weighted by Gasteiger charge is -2.11. The summed E-state index contributed by atoms with van der Waals surface area (Å²) in [5.41, 5.74) is 1.24. The smallest absolute Gasteiger partial charge is 0.271 e. The van der Waals surface area contributed by atoms with Crippen molar-refractivity contribution >= 4 is 15.7 Å². The summed E-state index contributed by atoms with van der Waals surface area (Å²) < 4.78 is 38.5. The van der Waals surface area contributed by atoms with Crippen LogP contribution in [0.4, 0.5) is 5.69 Å². The molecule has 9 nitrogen and oxygen atoms in total. The molecule has 0 amide bonds. The van der Waals surface area contributed by atoms with Crippen LogP contribution in [0.3, 0.4) is 0 Å². The Morgan fingerprint density at radius 2 is 1.83 bits per heavy atom. The van der Waals surface area contributed by atoms with Crippen molar-refractivity contribution in [2.45, 2.75) is 18.0 Å². The van der Waals surface area contributed by atoms with Gasteiger partial charge in [0.25, 0.3) is 5.69 Å². The molecule has 0 aliphatic carbocycles. The normalized spacial score (nSPS) is 11.1. The number of hydrogen-bond donors (Lipinski definition) is 1. The number of pyridine rings is 1. The van der Waals surface area contributed by atoms with E-state index in [1.807, 2.05) is 30.3 Å². The monoisotopic (exact) mass is 429 g/mol. The summed E-state index contributed by atoms with van der Waals surface area (Å²) in [5.74, 6) is 0.359. The van der Waals surface area contributed by atoms with Gasteiger partial charge in [0, 0.05) is 30.9 Å². The summed E-state index contributed by atoms with van der Waals surface area (Å²) in [5, 5.41) is 11.0. The van der Waals surface area contributed by atoms with Crippen LogP contribution in [-0.4, -0.2) is 25.4 Å². The zero-order valence-electron chi connectivity index (χ0n) is 16.0. The van der Waals surface area contributed by atoms with Gasteiger partial charge in [-0.15, -0.1) is 0 Å². The van der Waals surface area contributed by atoms with Crippen molar-refractivity contribution in [3.8, 4) is 11.6 Å². The molecule has 0 aliphatic heterocycles. The van der Waals surface area contributed by atoms with Crippen LogP contribution < -0.4 is 14.2 Å². The second kappa shape index (κ2) is 9.33. The van der Waals surface area contributed by atoms with Crippen LogP contribution in [0, 0.1) is 10.1 Å². The number of nitrogens with zero attached hydrogens (tertiary/aromatic N) is 2. The summed E-state index contributed by atoms with van der Waals surface area (Å²) in [6, 6.07) is 16.2. The molecular formula is C20H19N3O6S. The van der Waals surface area contributed by atoms with Crippen LogP contribution in [0.25, 0.3) is 0 Å². The van der Waals surface area contributed by atoms with Gasteiger partial charge in [0.1, 0.15) is 17.3 Å². The van der Waals surface area contributed by atoms with E-state index >= 15 is 0 Å². The van der Waals surface area contributed by atoms with Crippen LogP contribution >= 0.6 is 0 Å². The standard InChI is InChI=1S/C20H19N3O6S/c1-28-18-8-7-17(23(24)25)12-19(18)30(26,27)22-13-16-9-10-21-20(11-16)29-14-15-5-3-2-4-6-15/h2-12,22H,13-14H2,1H3. The van der Waals surface area contributed by atoms with Gasteiger partial charge in [0.05, 0.1) is 12.0 Å². The fraction of sp³-hybridized carbons (Fsp3) is 0.150. The van der Waals surface area contributed by atoms with E-state index < -0.39 is 14.9 Å². The number of benzene rings is 2. The molecule has 0 fully saturated rings. The Morgan fingerprint density at radius 3 is 2.53 bits per heavy atom. The molecule has 10 heteroatoms. The Labute approximate surface area is 173 Å². The van der Waals surface area contributed by atoms with Crippen molar-refractivity contribution in [3.63, 3.8) is 0 Å². The van der Waals surface area contributed by atoms with E-state index in [9.17, 15) is 18.5 Å². The SMILES string of the molecule is COc1ccc([N+](=O)[O-])cc1S(=O)(=O)NCc1ccnc(OCc2ccccc2)c1. The second-order valence-corrected chi connectivity index (χ2v) is 7.93. The van der Waals surface area contributed by atoms with Gasteiger partial charge < -0.3 is 9.47 Å². The molecule has 0 saturated carbocycles. The summed E-state index contributed by atoms with van der Waals surface area (Å²) in [6.07, 6.45) is 1.51. The van der Waals surface area contributed by atoms with E-state index in [4.69, 9.17) is 9.47 Å². The molecule has 0 unspecified atom stereocenters. The Bertz CT molecular complexity index is 1140. The third kappa shape index (κ3) is 5.31. The highest BCUT2D eigenvalue weighted by Crippen LogP contribution is 2.28. The summed E-state index contributed by atoms with van der Waals surface area (Å²) in [6.45, 7) is 0.270. The van der Waals surface area contributed by atoms with Crippen LogP contribution in [0.1, 0.15) is 11.1 Å². The van der Waals surface area contributed by atoms with E-state index in [1.54, 1.807) is 12.1 Å². The number of hydrogen-bond acceptors (Lipinski definition) is 7. The molecule has 3 aromatic rings. The van der Waals surface area contributed by atoms with Gasteiger partial charge in [-0.25, -0.2) is 18.1 Å². The highest BCUT2D eigenvalue weighted by molar-refractivity contribution is 7.89. The molecule has 2 aromatic carbocycles. The van der Waals surface area contributed by atoms with Crippen molar-refractivity contribution in [1.82, 2.24) is 9.71 Å². The van der Waals surface area contributed by atoms with E-state index in [0.717, 1.165) is 11.6 Å². The van der Waals surface area contributed by atoms with Gasteiger partial charge in [-0.3, -0.25) is 10.1 Å². The average Bonchev–Trinajstić information content (AvgIpc) is 2.77. The summed E-state index contributed by atoms with van der Waals surface area (Å²) in [4.78, 5) is 14.1. The Hall–Kier alpha value is -3.50. The molecule has 1 heterocycles. The zero-order chi connectivity index (χ0) is 21.6. The van der Waals surface area contributed by atoms with Gasteiger partial charge in [0.15, 0.2) is 0 Å². The molecule has 1 aromatic heterocycles. The van der Waals surface area contributed by atoms with Gasteiger partial charge in [-0.05, 0) is 23.3 Å². The fourth-order valence-electron chi connectivity index (χ4n) is 2.62. The number of rotatable bonds is 9. The van der Waals surface area contributed by atoms with Crippen molar-refractivity contribution < 1.29 is 22.8 Å². The maximum Gasteiger partial charge on any atom is 0.271 e. The Morgan fingerprint density at radius 1 is 1.07 bits per heavy atom. The van der Waals surface area contributed by atoms with Crippen LogP contribution in [0.2, 0.25) is 0 Å². The van der Waals surface area contributed by atoms with E-state index in [2.05, 4.69) is 9.71 Å². The lowest BCUT2D eigenvalue weighted by atomic mass is 10.2. The number of ether oxygens (including phenoxy) is 2. The molecular weight excluding hydrogens is 410 g/mol. The number of aromatic nitrogens is 1. The van der Waals surface area contributed by atoms with Crippen molar-refractivity contribution in [2.24, 2.45) is 0 Å². The average molecular weight is 429 g/mol. The lowest BCUT2D eigenvalue weighted by molar-refractivity contribution is -0.385. The largest absolute Gasteiger partial charge is 0.495 e. The quantitative estimate of drug-likeness (QED) is 0.410. The van der Waals surface area contributed by atoms with E-state index in [-0.39, 0.29) is 22.9 Å². The second-order valence-electron chi connectivity index (χ2n) is 6.19. The van der Waals surface area contributed by atoms with Gasteiger partial charge in [-0.1, -0.05) is 30.3 Å². The predicted molar refractivity (Wildman–Crippen MR) is 109 cm³/mol. The number of sulfonamides is 1. The molecule has 0 saturated heterocycles. The number of non-ortho nitro benzene ring substituents is 1. The van der Waals surface area contributed by atoms with Crippen molar-refractivity contribution in [2.75, 3.05) is 7.11 Å². The van der Waals surface area contributed by atoms with Crippen LogP contribution in [-0.2, 0) is 23.2 Å². The van der Waals surface area contributed by atoms with Gasteiger partial charge in [0.2, 0.25) is 15.9 Å². The predicted octanol–water partition coefficient (Wildman–Crippen LogP) is 3.06. The fourth-order valence-corrected chi connectivity index (χ4v) is 3.82. The molecule has 30 heavy (non-hydrogen) atoms. The molecule has 0 atom stereocenters. The lowest BCUT2D eigenvalue weighted by Crippen LogP contribution is -2.24. The first-order chi connectivity index (χ1) is 14.4. The minimum absolute atomic E-state index is 0.00899. The maximum atomic E-state index is 12.7. The number of nitro groups is 1. The number of nitro benzene ring substituents is 1. The third-order valence-corrected chi connectivity index (χ3v) is 5.57. The first-order valence-electron chi connectivity index (χ1n) is 8.83. The highest BCUT2D eigenvalue weighted by atomic mass is 32.2. The molecule has 1 N–H and O–H groups in total. The highest BCUT2D eigenvalue weighted by Gasteiger charge is 2.23. The molecule has 0 spiro atoms. The van der Waals surface area contributed by atoms with Crippen LogP contribution in [0.15, 0.2) is 71.8 Å². The van der Waals surface area contributed by atoms with Crippen LogP contribution in [0.5, 0.6) is 11.6 Å². The molecule has 3 rings (SSSR count). The molecule has 0 bridgehead atoms. The molecule has 0 aliphatic rings. The Balaban J connectivity index is 1.72. The van der Waals surface area contributed by atoms with E-state index in [0.29, 0.717) is 18.1 Å². The van der Waals surface area contributed by atoms with Crippen molar-refractivity contribution in [3.05, 3.63) is 88.1 Å².